The van der Waals surface area contributed by atoms with E-state index in [1.165, 1.54) is 6.42 Å². The fourth-order valence-electron chi connectivity index (χ4n) is 13.0. The highest BCUT2D eigenvalue weighted by atomic mass is 79.9. The second-order valence-electron chi connectivity index (χ2n) is 28.2. The van der Waals surface area contributed by atoms with Crippen LogP contribution in [0.4, 0.5) is 23.3 Å². The summed E-state index contributed by atoms with van der Waals surface area (Å²) in [6.45, 7) is 6.13. The van der Waals surface area contributed by atoms with Crippen LogP contribution in [-0.4, -0.2) is 146 Å². The zero-order chi connectivity index (χ0) is 87.3. The summed E-state index contributed by atoms with van der Waals surface area (Å²) in [5.41, 5.74) is 15.9. The number of hydrogen-bond acceptors (Lipinski definition) is 17. The van der Waals surface area contributed by atoms with Crippen molar-refractivity contribution in [1.82, 2.24) is 29.7 Å². The first-order valence-corrected chi connectivity index (χ1v) is 42.2. The molecule has 6 heterocycles. The average Bonchev–Trinajstić information content (AvgIpc) is 0.840. The second-order valence-corrected chi connectivity index (χ2v) is 31.8. The molecule has 2 aliphatic heterocycles. The Hall–Kier alpha value is -13.1. The summed E-state index contributed by atoms with van der Waals surface area (Å²) in [6.07, 6.45) is 10.3. The van der Waals surface area contributed by atoms with Crippen molar-refractivity contribution in [3.8, 4) is 0 Å². The molecular formula is C95H85Br4N15O9. The van der Waals surface area contributed by atoms with Crippen molar-refractivity contribution in [3.05, 3.63) is 374 Å². The van der Waals surface area contributed by atoms with Crippen LogP contribution in [-0.2, 0) is 30.4 Å². The van der Waals surface area contributed by atoms with Gasteiger partial charge in [0.25, 0.3) is 23.6 Å². The lowest BCUT2D eigenvalue weighted by atomic mass is 9.97. The average molecular weight is 1900 g/mol. The predicted octanol–water partition coefficient (Wildman–Crippen LogP) is 18.3. The van der Waals surface area contributed by atoms with Crippen molar-refractivity contribution < 1.29 is 43.1 Å². The molecule has 8 aromatic carbocycles. The Labute approximate surface area is 745 Å². The molecule has 2 aliphatic rings. The van der Waals surface area contributed by atoms with Crippen molar-refractivity contribution >= 4 is 157 Å². The van der Waals surface area contributed by atoms with Crippen LogP contribution in [0.1, 0.15) is 154 Å². The molecule has 2 saturated heterocycles. The van der Waals surface area contributed by atoms with Gasteiger partial charge in [0.15, 0.2) is 23.1 Å². The number of rotatable bonds is 24. The van der Waals surface area contributed by atoms with E-state index >= 15 is 0 Å². The lowest BCUT2D eigenvalue weighted by Gasteiger charge is -2.29. The van der Waals surface area contributed by atoms with Crippen LogP contribution in [0.3, 0.4) is 0 Å². The SMILES string of the molecule is CC(=N)c1ccc(C(=O)Cc2ccccc2C(=O)Nc2ccc(Br)cn2)cc1.CN=C(N)c1ccc(C(=O)Cc2ccccc2C(=O)Nc2ccc(Br)cn2)cc1.N=C(c1ccc(C(=O)Cc2ccccc2C(=O)Nc2ccc(Br)cn2)cc1)N1CCCCC1.N=C(c1ccc(C(=O)Cc2ccccc2C(=O)Nc2ccc(Br)cn2)cc1)N1CCOCC1. The van der Waals surface area contributed by atoms with Gasteiger partial charge in [-0.3, -0.25) is 54.2 Å². The lowest BCUT2D eigenvalue weighted by molar-refractivity contribution is 0.0680. The summed E-state index contributed by atoms with van der Waals surface area (Å²) in [4.78, 5) is 127. The van der Waals surface area contributed by atoms with Gasteiger partial charge in [0.2, 0.25) is 0 Å². The fraction of sp³-hybridized carbons (Fsp3) is 0.158. The molecule has 622 valence electrons. The van der Waals surface area contributed by atoms with Crippen LogP contribution in [0, 0.1) is 16.2 Å². The van der Waals surface area contributed by atoms with Crippen molar-refractivity contribution in [1.29, 1.82) is 16.2 Å². The van der Waals surface area contributed by atoms with Gasteiger partial charge in [-0.25, -0.2) is 19.9 Å². The first kappa shape index (κ1) is 90.6. The van der Waals surface area contributed by atoms with Gasteiger partial charge < -0.3 is 46.9 Å². The first-order valence-electron chi connectivity index (χ1n) is 39.0. The first-order chi connectivity index (χ1) is 59.4. The normalized spacial score (nSPS) is 12.2. The quantitative estimate of drug-likeness (QED) is 0.0158. The lowest BCUT2D eigenvalue weighted by Crippen LogP contribution is -2.40. The molecule has 4 aromatic heterocycles. The molecule has 0 spiro atoms. The maximum absolute atomic E-state index is 13.0. The largest absolute Gasteiger partial charge is 0.384 e. The molecular weight excluding hydrogens is 1810 g/mol. The number of piperidine rings is 1. The summed E-state index contributed by atoms with van der Waals surface area (Å²) in [7, 11) is 1.61. The van der Waals surface area contributed by atoms with Gasteiger partial charge in [0, 0.05) is 168 Å². The molecule has 28 heteroatoms. The Bertz CT molecular complexity index is 5650. The minimum Gasteiger partial charge on any atom is -0.384 e. The fourth-order valence-corrected chi connectivity index (χ4v) is 13.9. The minimum atomic E-state index is -0.317. The third-order valence-electron chi connectivity index (χ3n) is 19.7. The molecule has 24 nitrogen and oxygen atoms in total. The van der Waals surface area contributed by atoms with Gasteiger partial charge >= 0.3 is 0 Å². The van der Waals surface area contributed by atoms with Gasteiger partial charge in [0.05, 0.1) is 13.2 Å². The van der Waals surface area contributed by atoms with E-state index in [2.05, 4.69) is 115 Å². The standard InChI is InChI=1S/C26H25BrN4O2.C25H23BrN4O3.C22H19BrN4O2.C22H18BrN3O2/c27-21-12-13-24(29-17-21)30-26(33)22-7-3-2-6-20(22)16-23(32)18-8-10-19(11-9-18)25(28)31-14-4-1-5-15-31;26-20-9-10-23(28-16-20)29-25(32)21-4-2-1-3-19(21)15-22(31)17-5-7-18(8-6-17)24(27)30-11-13-33-14-12-30;1-25-21(24)15-8-6-14(7-9-15)19(28)12-16-4-2-3-5-18(16)22(29)27-20-11-10-17(23)13-26-20;1-14(24)15-6-8-16(9-7-15)20(27)12-17-4-2-3-5-19(17)22(28)26-21-11-10-18(23)13-25-21/h2-3,6-13,17,28H,1,4-5,14-16H2,(H,29,30,33);1-10,16,27H,11-15H2,(H,28,29,32);2-11,13H,12H2,1H3,(H2,24,25)(H,26,27,29);2-11,13,24H,12H2,1H3,(H,25,26,28). The summed E-state index contributed by atoms with van der Waals surface area (Å²) in [5, 5.41) is 35.5. The Kier molecular flexibility index (Phi) is 33.1. The van der Waals surface area contributed by atoms with Crippen LogP contribution >= 0.6 is 63.7 Å². The molecule has 0 saturated carbocycles. The van der Waals surface area contributed by atoms with Crippen molar-refractivity contribution in [2.24, 2.45) is 10.7 Å². The number of anilines is 4. The second kappa shape index (κ2) is 45.0. The number of morpholine rings is 1. The number of ketones is 4. The van der Waals surface area contributed by atoms with Crippen LogP contribution in [0.15, 0.2) is 290 Å². The van der Waals surface area contributed by atoms with Crippen LogP contribution in [0.5, 0.6) is 0 Å². The van der Waals surface area contributed by atoms with Gasteiger partial charge in [-0.2, -0.15) is 0 Å². The van der Waals surface area contributed by atoms with E-state index in [0.717, 1.165) is 66.1 Å². The number of aromatic nitrogens is 4. The number of nitrogens with zero attached hydrogens (tertiary/aromatic N) is 7. The molecule has 12 aromatic rings. The number of ether oxygens (including phenoxy) is 1. The molecule has 0 unspecified atom stereocenters. The van der Waals surface area contributed by atoms with E-state index in [0.29, 0.717) is 140 Å². The number of hydrogen-bond donors (Lipinski definition) is 8. The number of nitrogens with one attached hydrogen (secondary N) is 7. The van der Waals surface area contributed by atoms with Gasteiger partial charge in [-0.05, 0) is 191 Å². The van der Waals surface area contributed by atoms with Crippen molar-refractivity contribution in [2.45, 2.75) is 51.9 Å². The van der Waals surface area contributed by atoms with Gasteiger partial charge in [0.1, 0.15) is 40.8 Å². The highest BCUT2D eigenvalue weighted by molar-refractivity contribution is 9.11. The van der Waals surface area contributed by atoms with E-state index in [1.54, 1.807) is 257 Å². The molecule has 0 bridgehead atoms. The number of carbonyl (C=O) groups is 8. The molecule has 0 atom stereocenters. The predicted molar refractivity (Wildman–Crippen MR) is 494 cm³/mol. The maximum atomic E-state index is 13.0. The topological polar surface area (TPSA) is 362 Å². The van der Waals surface area contributed by atoms with Crippen LogP contribution in [0.25, 0.3) is 0 Å². The number of pyridine rings is 4. The molecule has 9 N–H and O–H groups in total. The van der Waals surface area contributed by atoms with E-state index in [-0.39, 0.29) is 72.4 Å². The molecule has 0 aliphatic carbocycles. The van der Waals surface area contributed by atoms with E-state index < -0.39 is 0 Å². The summed E-state index contributed by atoms with van der Waals surface area (Å²) < 4.78 is 8.62. The van der Waals surface area contributed by atoms with Crippen molar-refractivity contribution in [3.63, 3.8) is 0 Å². The van der Waals surface area contributed by atoms with Crippen LogP contribution in [0.2, 0.25) is 0 Å². The number of likely N-dealkylation sites (tertiary alicyclic amines) is 1. The monoisotopic (exact) mass is 1900 g/mol. The van der Waals surface area contributed by atoms with Crippen LogP contribution < -0.4 is 27.0 Å². The number of aliphatic imine (C=N–C) groups is 1. The minimum absolute atomic E-state index is 0.0759. The van der Waals surface area contributed by atoms with Gasteiger partial charge in [-0.15, -0.1) is 0 Å². The zero-order valence-electron chi connectivity index (χ0n) is 67.0. The number of amides is 4. The summed E-state index contributed by atoms with van der Waals surface area (Å²) in [6, 6.07) is 70.3. The Morgan fingerprint density at radius 1 is 0.350 bits per heavy atom. The smallest absolute Gasteiger partial charge is 0.257 e. The third kappa shape index (κ3) is 26.4. The number of nitrogens with two attached hydrogens (primary N) is 1. The Morgan fingerprint density at radius 3 is 0.862 bits per heavy atom. The number of benzene rings is 8. The molecule has 123 heavy (non-hydrogen) atoms. The summed E-state index contributed by atoms with van der Waals surface area (Å²) >= 11 is 13.3. The highest BCUT2D eigenvalue weighted by Gasteiger charge is 2.24. The Balaban J connectivity index is 0.000000160. The number of Topliss-reactive ketones (excluding diaryl/α,β-unsaturated/α-hetero) is 4. The Morgan fingerprint density at radius 2 is 0.602 bits per heavy atom. The van der Waals surface area contributed by atoms with E-state index in [1.807, 2.05) is 29.2 Å². The van der Waals surface area contributed by atoms with E-state index in [4.69, 9.17) is 26.7 Å². The molecule has 4 amide bonds. The number of halogens is 4. The zero-order valence-corrected chi connectivity index (χ0v) is 73.3. The number of amidine groups is 3. The number of carbonyl (C=O) groups excluding carboxylic acids is 8. The third-order valence-corrected chi connectivity index (χ3v) is 21.5. The highest BCUT2D eigenvalue weighted by Crippen LogP contribution is 2.25. The molecule has 14 rings (SSSR count). The molecule has 2 fully saturated rings. The maximum Gasteiger partial charge on any atom is 0.257 e. The summed E-state index contributed by atoms with van der Waals surface area (Å²) in [5.74, 6) is 1.50. The van der Waals surface area contributed by atoms with Crippen molar-refractivity contribution in [2.75, 3.05) is 67.7 Å². The molecule has 0 radical (unpaired) electrons. The van der Waals surface area contributed by atoms with E-state index in [9.17, 15) is 38.4 Å². The van der Waals surface area contributed by atoms with Gasteiger partial charge in [-0.1, -0.05) is 170 Å².